The second-order valence-electron chi connectivity index (χ2n) is 7.28. The van der Waals surface area contributed by atoms with E-state index in [1.165, 1.54) is 30.4 Å². The lowest BCUT2D eigenvalue weighted by atomic mass is 9.85. The minimum absolute atomic E-state index is 0.0469. The molecule has 1 aliphatic rings. The van der Waals surface area contributed by atoms with Crippen LogP contribution in [0, 0.1) is 0 Å². The molecule has 22 heavy (non-hydrogen) atoms. The van der Waals surface area contributed by atoms with Crippen molar-refractivity contribution in [2.24, 2.45) is 0 Å². The summed E-state index contributed by atoms with van der Waals surface area (Å²) < 4.78 is 6.32. The van der Waals surface area contributed by atoms with Crippen molar-refractivity contribution in [2.75, 3.05) is 6.54 Å². The van der Waals surface area contributed by atoms with Crippen LogP contribution in [0.5, 0.6) is 5.75 Å². The second-order valence-corrected chi connectivity index (χ2v) is 7.28. The Morgan fingerprint density at radius 3 is 2.68 bits per heavy atom. The van der Waals surface area contributed by atoms with Crippen LogP contribution < -0.4 is 10.1 Å². The van der Waals surface area contributed by atoms with Gasteiger partial charge in [-0.1, -0.05) is 52.7 Å². The largest absolute Gasteiger partial charge is 0.487 e. The van der Waals surface area contributed by atoms with Gasteiger partial charge in [-0.2, -0.15) is 0 Å². The van der Waals surface area contributed by atoms with Crippen LogP contribution in [-0.4, -0.2) is 12.1 Å². The van der Waals surface area contributed by atoms with Crippen LogP contribution in [0.15, 0.2) is 18.2 Å². The van der Waals surface area contributed by atoms with Gasteiger partial charge in [0.1, 0.15) is 11.4 Å². The Morgan fingerprint density at radius 1 is 1.27 bits per heavy atom. The standard InChI is InChI=1S/C20H33NO/c1-6-8-9-12-21-18-14-20(5,7-2)22-19-11-10-16(15(3)4)13-17(18)19/h10-11,13,15,18,21H,6-9,12,14H2,1-5H3. The predicted molar refractivity (Wildman–Crippen MR) is 94.7 cm³/mol. The molecule has 0 aromatic heterocycles. The highest BCUT2D eigenvalue weighted by molar-refractivity contribution is 5.42. The van der Waals surface area contributed by atoms with E-state index in [9.17, 15) is 0 Å². The minimum Gasteiger partial charge on any atom is -0.487 e. The van der Waals surface area contributed by atoms with E-state index >= 15 is 0 Å². The molecule has 0 aliphatic carbocycles. The van der Waals surface area contributed by atoms with Gasteiger partial charge in [0.2, 0.25) is 0 Å². The monoisotopic (exact) mass is 303 g/mol. The summed E-state index contributed by atoms with van der Waals surface area (Å²) in [4.78, 5) is 0. The average Bonchev–Trinajstić information content (AvgIpc) is 2.51. The third-order valence-electron chi connectivity index (χ3n) is 4.99. The first kappa shape index (κ1) is 17.3. The number of hydrogen-bond donors (Lipinski definition) is 1. The zero-order chi connectivity index (χ0) is 16.2. The first-order chi connectivity index (χ1) is 10.5. The first-order valence-corrected chi connectivity index (χ1v) is 9.05. The normalized spacial score (nSPS) is 24.2. The van der Waals surface area contributed by atoms with Gasteiger partial charge < -0.3 is 10.1 Å². The number of fused-ring (bicyclic) bond motifs is 1. The molecule has 1 aromatic rings. The highest BCUT2D eigenvalue weighted by atomic mass is 16.5. The quantitative estimate of drug-likeness (QED) is 0.664. The molecule has 1 aliphatic heterocycles. The van der Waals surface area contributed by atoms with Crippen molar-refractivity contribution in [1.82, 2.24) is 5.32 Å². The lowest BCUT2D eigenvalue weighted by Gasteiger charge is -2.40. The Kier molecular flexibility index (Phi) is 5.91. The van der Waals surface area contributed by atoms with Crippen molar-refractivity contribution in [2.45, 2.75) is 84.3 Å². The van der Waals surface area contributed by atoms with Crippen LogP contribution in [0.25, 0.3) is 0 Å². The van der Waals surface area contributed by atoms with E-state index in [1.54, 1.807) is 0 Å². The highest BCUT2D eigenvalue weighted by Gasteiger charge is 2.35. The van der Waals surface area contributed by atoms with Crippen LogP contribution >= 0.6 is 0 Å². The Morgan fingerprint density at radius 2 is 2.05 bits per heavy atom. The van der Waals surface area contributed by atoms with Gasteiger partial charge in [0.05, 0.1) is 0 Å². The van der Waals surface area contributed by atoms with Crippen LogP contribution in [0.3, 0.4) is 0 Å². The number of ether oxygens (including phenoxy) is 1. The maximum absolute atomic E-state index is 6.32. The summed E-state index contributed by atoms with van der Waals surface area (Å²) in [6.07, 6.45) is 5.95. The summed E-state index contributed by atoms with van der Waals surface area (Å²) in [6.45, 7) is 12.3. The van der Waals surface area contributed by atoms with Crippen LogP contribution in [0.1, 0.15) is 89.8 Å². The fourth-order valence-corrected chi connectivity index (χ4v) is 3.19. The minimum atomic E-state index is -0.0469. The van der Waals surface area contributed by atoms with Gasteiger partial charge >= 0.3 is 0 Å². The molecule has 124 valence electrons. The Labute approximate surface area is 136 Å². The van der Waals surface area contributed by atoms with Gasteiger partial charge in [0, 0.05) is 18.0 Å². The highest BCUT2D eigenvalue weighted by Crippen LogP contribution is 2.42. The topological polar surface area (TPSA) is 21.3 Å². The molecule has 1 aromatic carbocycles. The van der Waals surface area contributed by atoms with Crippen molar-refractivity contribution >= 4 is 0 Å². The molecule has 0 saturated carbocycles. The Bertz CT molecular complexity index is 483. The van der Waals surface area contributed by atoms with Gasteiger partial charge in [-0.15, -0.1) is 0 Å². The molecule has 0 bridgehead atoms. The van der Waals surface area contributed by atoms with Crippen molar-refractivity contribution in [3.8, 4) is 5.75 Å². The SMILES string of the molecule is CCCCCNC1CC(C)(CC)Oc2ccc(C(C)C)cc21. The average molecular weight is 303 g/mol. The number of rotatable bonds is 7. The molecule has 0 spiro atoms. The summed E-state index contributed by atoms with van der Waals surface area (Å²) in [5.74, 6) is 1.64. The second kappa shape index (κ2) is 7.50. The van der Waals surface area contributed by atoms with E-state index in [2.05, 4.69) is 58.1 Å². The molecule has 2 unspecified atom stereocenters. The summed E-state index contributed by atoms with van der Waals surface area (Å²) in [6, 6.07) is 7.17. The summed E-state index contributed by atoms with van der Waals surface area (Å²) >= 11 is 0. The van der Waals surface area contributed by atoms with Gasteiger partial charge in [0.15, 0.2) is 0 Å². The van der Waals surface area contributed by atoms with E-state index in [1.807, 2.05) is 0 Å². The fourth-order valence-electron chi connectivity index (χ4n) is 3.19. The van der Waals surface area contributed by atoms with E-state index in [-0.39, 0.29) is 5.60 Å². The lowest BCUT2D eigenvalue weighted by molar-refractivity contribution is 0.0442. The van der Waals surface area contributed by atoms with Crippen LogP contribution in [0.2, 0.25) is 0 Å². The van der Waals surface area contributed by atoms with E-state index < -0.39 is 0 Å². The van der Waals surface area contributed by atoms with Crippen LogP contribution in [0.4, 0.5) is 0 Å². The molecule has 0 saturated heterocycles. The Balaban J connectivity index is 2.21. The van der Waals surface area contributed by atoms with E-state index in [4.69, 9.17) is 4.74 Å². The molecule has 0 amide bonds. The van der Waals surface area contributed by atoms with Gasteiger partial charge in [-0.25, -0.2) is 0 Å². The van der Waals surface area contributed by atoms with Crippen molar-refractivity contribution in [1.29, 1.82) is 0 Å². The fraction of sp³-hybridized carbons (Fsp3) is 0.700. The molecule has 0 radical (unpaired) electrons. The molecular weight excluding hydrogens is 270 g/mol. The Hall–Kier alpha value is -1.02. The molecule has 2 heteroatoms. The summed E-state index contributed by atoms with van der Waals surface area (Å²) in [5.41, 5.74) is 2.71. The molecule has 1 heterocycles. The third kappa shape index (κ3) is 4.04. The van der Waals surface area contributed by atoms with Crippen molar-refractivity contribution in [3.05, 3.63) is 29.3 Å². The van der Waals surface area contributed by atoms with Crippen LogP contribution in [-0.2, 0) is 0 Å². The number of unbranched alkanes of at least 4 members (excludes halogenated alkanes) is 2. The molecule has 1 N–H and O–H groups in total. The number of nitrogens with one attached hydrogen (secondary N) is 1. The van der Waals surface area contributed by atoms with E-state index in [0.717, 1.165) is 25.1 Å². The lowest BCUT2D eigenvalue weighted by Crippen LogP contribution is -2.41. The number of hydrogen-bond acceptors (Lipinski definition) is 2. The molecule has 0 fully saturated rings. The maximum atomic E-state index is 6.32. The van der Waals surface area contributed by atoms with Gasteiger partial charge in [-0.3, -0.25) is 0 Å². The number of benzene rings is 1. The third-order valence-corrected chi connectivity index (χ3v) is 4.99. The molecule has 2 rings (SSSR count). The van der Waals surface area contributed by atoms with E-state index in [0.29, 0.717) is 12.0 Å². The molecular formula is C20H33NO. The van der Waals surface area contributed by atoms with Crippen molar-refractivity contribution in [3.63, 3.8) is 0 Å². The summed E-state index contributed by atoms with van der Waals surface area (Å²) in [5, 5.41) is 3.79. The maximum Gasteiger partial charge on any atom is 0.124 e. The first-order valence-electron chi connectivity index (χ1n) is 9.05. The molecule has 2 atom stereocenters. The summed E-state index contributed by atoms with van der Waals surface area (Å²) in [7, 11) is 0. The predicted octanol–water partition coefficient (Wildman–Crippen LogP) is 5.58. The van der Waals surface area contributed by atoms with Gasteiger partial charge in [0.25, 0.3) is 0 Å². The molecule has 2 nitrogen and oxygen atoms in total. The van der Waals surface area contributed by atoms with Crippen molar-refractivity contribution < 1.29 is 4.74 Å². The van der Waals surface area contributed by atoms with Gasteiger partial charge in [-0.05, 0) is 43.9 Å². The zero-order valence-corrected chi connectivity index (χ0v) is 15.0. The zero-order valence-electron chi connectivity index (χ0n) is 15.0. The smallest absolute Gasteiger partial charge is 0.124 e.